The van der Waals surface area contributed by atoms with Crippen LogP contribution in [0.2, 0.25) is 0 Å². The maximum atomic E-state index is 12.2. The summed E-state index contributed by atoms with van der Waals surface area (Å²) in [5.41, 5.74) is 3.46. The van der Waals surface area contributed by atoms with Crippen molar-refractivity contribution in [3.05, 3.63) is 53.9 Å². The van der Waals surface area contributed by atoms with Crippen molar-refractivity contribution in [2.45, 2.75) is 13.3 Å². The predicted octanol–water partition coefficient (Wildman–Crippen LogP) is 3.06. The van der Waals surface area contributed by atoms with Crippen LogP contribution in [0.1, 0.15) is 11.4 Å². The van der Waals surface area contributed by atoms with Crippen molar-refractivity contribution in [2.75, 3.05) is 12.4 Å². The van der Waals surface area contributed by atoms with E-state index in [1.165, 1.54) is 0 Å². The van der Waals surface area contributed by atoms with Crippen LogP contribution < -0.4 is 10.1 Å². The number of benzene rings is 2. The number of nitrogens with zero attached hydrogens (tertiary/aromatic N) is 1. The average Bonchev–Trinajstić information content (AvgIpc) is 2.87. The van der Waals surface area contributed by atoms with Gasteiger partial charge in [0, 0.05) is 0 Å². The van der Waals surface area contributed by atoms with Crippen LogP contribution >= 0.6 is 0 Å². The SMILES string of the molecule is COc1ccccc1NC(=O)Cc1ccc2nc(C)[nH]c2c1. The van der Waals surface area contributed by atoms with Crippen molar-refractivity contribution in [1.29, 1.82) is 0 Å². The topological polar surface area (TPSA) is 67.0 Å². The van der Waals surface area contributed by atoms with Crippen LogP contribution in [0.5, 0.6) is 5.75 Å². The fourth-order valence-corrected chi connectivity index (χ4v) is 2.42. The molecule has 5 nitrogen and oxygen atoms in total. The van der Waals surface area contributed by atoms with Gasteiger partial charge in [0.15, 0.2) is 0 Å². The minimum absolute atomic E-state index is 0.0833. The number of nitrogens with one attached hydrogen (secondary N) is 2. The lowest BCUT2D eigenvalue weighted by Gasteiger charge is -2.09. The summed E-state index contributed by atoms with van der Waals surface area (Å²) < 4.78 is 5.23. The van der Waals surface area contributed by atoms with E-state index >= 15 is 0 Å². The molecular weight excluding hydrogens is 278 g/mol. The normalized spacial score (nSPS) is 10.6. The Morgan fingerprint density at radius 3 is 2.91 bits per heavy atom. The number of carbonyl (C=O) groups excluding carboxylic acids is 1. The zero-order valence-electron chi connectivity index (χ0n) is 12.5. The second-order valence-electron chi connectivity index (χ2n) is 5.10. The van der Waals surface area contributed by atoms with Gasteiger partial charge in [-0.05, 0) is 36.8 Å². The summed E-state index contributed by atoms with van der Waals surface area (Å²) in [6.45, 7) is 1.91. The molecule has 2 aromatic carbocycles. The fourth-order valence-electron chi connectivity index (χ4n) is 2.42. The lowest BCUT2D eigenvalue weighted by atomic mass is 10.1. The van der Waals surface area contributed by atoms with Gasteiger partial charge in [-0.3, -0.25) is 4.79 Å². The van der Waals surface area contributed by atoms with Gasteiger partial charge in [-0.25, -0.2) is 4.98 Å². The van der Waals surface area contributed by atoms with E-state index in [1.807, 2.05) is 49.4 Å². The molecule has 1 heterocycles. The first-order chi connectivity index (χ1) is 10.7. The van der Waals surface area contributed by atoms with Gasteiger partial charge in [-0.15, -0.1) is 0 Å². The van der Waals surface area contributed by atoms with Gasteiger partial charge in [-0.2, -0.15) is 0 Å². The Morgan fingerprint density at radius 1 is 1.27 bits per heavy atom. The number of aromatic nitrogens is 2. The van der Waals surface area contributed by atoms with Crippen molar-refractivity contribution in [2.24, 2.45) is 0 Å². The third-order valence-corrected chi connectivity index (χ3v) is 3.41. The number of fused-ring (bicyclic) bond motifs is 1. The lowest BCUT2D eigenvalue weighted by Crippen LogP contribution is -2.14. The number of para-hydroxylation sites is 2. The average molecular weight is 295 g/mol. The van der Waals surface area contributed by atoms with Crippen molar-refractivity contribution in [3.8, 4) is 5.75 Å². The van der Waals surface area contributed by atoms with E-state index < -0.39 is 0 Å². The van der Waals surface area contributed by atoms with E-state index in [-0.39, 0.29) is 5.91 Å². The van der Waals surface area contributed by atoms with Crippen LogP contribution in [0.25, 0.3) is 11.0 Å². The van der Waals surface area contributed by atoms with Crippen LogP contribution in [0, 0.1) is 6.92 Å². The minimum atomic E-state index is -0.0833. The molecule has 1 amide bonds. The summed E-state index contributed by atoms with van der Waals surface area (Å²) in [6.07, 6.45) is 0.298. The van der Waals surface area contributed by atoms with Gasteiger partial charge in [0.2, 0.25) is 5.91 Å². The maximum absolute atomic E-state index is 12.2. The number of carbonyl (C=O) groups is 1. The number of imidazole rings is 1. The molecule has 0 saturated heterocycles. The molecule has 0 aliphatic carbocycles. The van der Waals surface area contributed by atoms with E-state index in [2.05, 4.69) is 15.3 Å². The van der Waals surface area contributed by atoms with E-state index in [0.29, 0.717) is 17.9 Å². The molecular formula is C17H17N3O2. The molecule has 0 bridgehead atoms. The smallest absolute Gasteiger partial charge is 0.228 e. The molecule has 0 spiro atoms. The summed E-state index contributed by atoms with van der Waals surface area (Å²) in [4.78, 5) is 19.7. The van der Waals surface area contributed by atoms with E-state index in [1.54, 1.807) is 7.11 Å². The molecule has 0 atom stereocenters. The van der Waals surface area contributed by atoms with Crippen molar-refractivity contribution in [1.82, 2.24) is 9.97 Å². The zero-order valence-corrected chi connectivity index (χ0v) is 12.5. The van der Waals surface area contributed by atoms with Crippen LogP contribution in [0.3, 0.4) is 0 Å². The molecule has 0 unspecified atom stereocenters. The lowest BCUT2D eigenvalue weighted by molar-refractivity contribution is -0.115. The first kappa shape index (κ1) is 14.1. The van der Waals surface area contributed by atoms with Crippen LogP contribution in [-0.4, -0.2) is 23.0 Å². The third kappa shape index (κ3) is 2.93. The molecule has 1 aromatic heterocycles. The Labute approximate surface area is 128 Å². The largest absolute Gasteiger partial charge is 0.495 e. The fraction of sp³-hybridized carbons (Fsp3) is 0.176. The van der Waals surface area contributed by atoms with Crippen molar-refractivity contribution in [3.63, 3.8) is 0 Å². The maximum Gasteiger partial charge on any atom is 0.228 e. The van der Waals surface area contributed by atoms with Gasteiger partial charge >= 0.3 is 0 Å². The molecule has 0 radical (unpaired) electrons. The number of rotatable bonds is 4. The minimum Gasteiger partial charge on any atom is -0.495 e. The highest BCUT2D eigenvalue weighted by molar-refractivity contribution is 5.94. The van der Waals surface area contributed by atoms with Gasteiger partial charge in [0.1, 0.15) is 11.6 Å². The quantitative estimate of drug-likeness (QED) is 0.777. The summed E-state index contributed by atoms with van der Waals surface area (Å²) in [5, 5.41) is 2.87. The Kier molecular flexibility index (Phi) is 3.78. The molecule has 0 aliphatic heterocycles. The number of methoxy groups -OCH3 is 1. The Balaban J connectivity index is 1.75. The van der Waals surface area contributed by atoms with E-state index in [4.69, 9.17) is 4.74 Å². The second kappa shape index (κ2) is 5.89. The highest BCUT2D eigenvalue weighted by atomic mass is 16.5. The summed E-state index contributed by atoms with van der Waals surface area (Å²) in [6, 6.07) is 13.2. The standard InChI is InChI=1S/C17H17N3O2/c1-11-18-13-8-7-12(9-15(13)19-11)10-17(21)20-14-5-3-4-6-16(14)22-2/h3-9H,10H2,1-2H3,(H,18,19)(H,20,21). The van der Waals surface area contributed by atoms with E-state index in [0.717, 1.165) is 22.4 Å². The third-order valence-electron chi connectivity index (χ3n) is 3.41. The molecule has 3 rings (SSSR count). The van der Waals surface area contributed by atoms with Crippen LogP contribution in [-0.2, 0) is 11.2 Å². The number of amides is 1. The Morgan fingerprint density at radius 2 is 2.09 bits per heavy atom. The highest BCUT2D eigenvalue weighted by Crippen LogP contribution is 2.23. The molecule has 5 heteroatoms. The van der Waals surface area contributed by atoms with Gasteiger partial charge < -0.3 is 15.0 Å². The van der Waals surface area contributed by atoms with Gasteiger partial charge in [0.05, 0.1) is 30.3 Å². The summed E-state index contributed by atoms with van der Waals surface area (Å²) >= 11 is 0. The number of hydrogen-bond acceptors (Lipinski definition) is 3. The van der Waals surface area contributed by atoms with Crippen molar-refractivity contribution < 1.29 is 9.53 Å². The molecule has 22 heavy (non-hydrogen) atoms. The molecule has 0 saturated carbocycles. The van der Waals surface area contributed by atoms with Crippen LogP contribution in [0.15, 0.2) is 42.5 Å². The summed E-state index contributed by atoms with van der Waals surface area (Å²) in [5.74, 6) is 1.43. The number of H-pyrrole nitrogens is 1. The first-order valence-electron chi connectivity index (χ1n) is 7.04. The van der Waals surface area contributed by atoms with Gasteiger partial charge in [-0.1, -0.05) is 18.2 Å². The Bertz CT molecular complexity index is 824. The molecule has 112 valence electrons. The number of hydrogen-bond donors (Lipinski definition) is 2. The first-order valence-corrected chi connectivity index (χ1v) is 7.04. The molecule has 0 aliphatic rings. The van der Waals surface area contributed by atoms with Crippen LogP contribution in [0.4, 0.5) is 5.69 Å². The molecule has 0 fully saturated rings. The molecule has 2 N–H and O–H groups in total. The highest BCUT2D eigenvalue weighted by Gasteiger charge is 2.09. The zero-order chi connectivity index (χ0) is 15.5. The second-order valence-corrected chi connectivity index (χ2v) is 5.10. The summed E-state index contributed by atoms with van der Waals surface area (Å²) in [7, 11) is 1.58. The monoisotopic (exact) mass is 295 g/mol. The predicted molar refractivity (Wildman–Crippen MR) is 86.2 cm³/mol. The molecule has 3 aromatic rings. The Hall–Kier alpha value is -2.82. The number of anilines is 1. The van der Waals surface area contributed by atoms with Crippen molar-refractivity contribution >= 4 is 22.6 Å². The van der Waals surface area contributed by atoms with E-state index in [9.17, 15) is 4.79 Å². The van der Waals surface area contributed by atoms with Gasteiger partial charge in [0.25, 0.3) is 0 Å². The number of aromatic amines is 1. The number of ether oxygens (including phenoxy) is 1. The number of aryl methyl sites for hydroxylation is 1.